The fourth-order valence-electron chi connectivity index (χ4n) is 5.40. The fourth-order valence-corrected chi connectivity index (χ4v) is 5.40. The zero-order chi connectivity index (χ0) is 21.2. The van der Waals surface area contributed by atoms with Crippen molar-refractivity contribution in [3.8, 4) is 17.0 Å². The molecule has 3 aromatic rings. The van der Waals surface area contributed by atoms with Crippen LogP contribution in [0.1, 0.15) is 63.6 Å². The highest BCUT2D eigenvalue weighted by Crippen LogP contribution is 2.32. The smallest absolute Gasteiger partial charge is 0.155 e. The standard InChI is InChI=1S/C26H34N4O/c1-19-9-10-20(2)29(19)17-6-18-31-22-13-11-21(12-14-22)26-23-7-4-3-5-8-24(23)28-25-15-16-27-30(25)26/h11-16,19-20H,3-10,17-18H2,1-2H3. The summed E-state index contributed by atoms with van der Waals surface area (Å²) in [6.07, 6.45) is 11.5. The van der Waals surface area contributed by atoms with Crippen LogP contribution < -0.4 is 4.74 Å². The summed E-state index contributed by atoms with van der Waals surface area (Å²) in [6, 6.07) is 12.0. The second-order valence-corrected chi connectivity index (χ2v) is 9.29. The van der Waals surface area contributed by atoms with Gasteiger partial charge in [-0.3, -0.25) is 4.90 Å². The van der Waals surface area contributed by atoms with E-state index in [1.807, 2.05) is 16.8 Å². The van der Waals surface area contributed by atoms with Crippen molar-refractivity contribution in [3.63, 3.8) is 0 Å². The molecule has 0 amide bonds. The third kappa shape index (κ3) is 4.20. The minimum Gasteiger partial charge on any atom is -0.494 e. The molecule has 2 unspecified atom stereocenters. The first kappa shape index (κ1) is 20.5. The van der Waals surface area contributed by atoms with Crippen LogP contribution in [0.5, 0.6) is 5.75 Å². The Kier molecular flexibility index (Phi) is 5.95. The summed E-state index contributed by atoms with van der Waals surface area (Å²) in [5, 5.41) is 4.59. The molecule has 0 N–H and O–H groups in total. The van der Waals surface area contributed by atoms with E-state index in [1.54, 1.807) is 0 Å². The minimum atomic E-state index is 0.712. The van der Waals surface area contributed by atoms with Gasteiger partial charge in [0.2, 0.25) is 0 Å². The number of aromatic nitrogens is 3. The predicted molar refractivity (Wildman–Crippen MR) is 125 cm³/mol. The minimum absolute atomic E-state index is 0.712. The molecular weight excluding hydrogens is 384 g/mol. The summed E-state index contributed by atoms with van der Waals surface area (Å²) in [5.74, 6) is 0.947. The van der Waals surface area contributed by atoms with Gasteiger partial charge in [-0.25, -0.2) is 9.50 Å². The fraction of sp³-hybridized carbons (Fsp3) is 0.538. The van der Waals surface area contributed by atoms with Crippen LogP contribution in [0, 0.1) is 0 Å². The van der Waals surface area contributed by atoms with Gasteiger partial charge < -0.3 is 4.74 Å². The largest absolute Gasteiger partial charge is 0.494 e. The van der Waals surface area contributed by atoms with E-state index in [0.717, 1.165) is 43.8 Å². The molecule has 2 aliphatic rings. The highest BCUT2D eigenvalue weighted by atomic mass is 16.5. The summed E-state index contributed by atoms with van der Waals surface area (Å²) in [7, 11) is 0. The van der Waals surface area contributed by atoms with Crippen molar-refractivity contribution < 1.29 is 4.74 Å². The molecule has 0 bridgehead atoms. The van der Waals surface area contributed by atoms with E-state index in [-0.39, 0.29) is 0 Å². The summed E-state index contributed by atoms with van der Waals surface area (Å²) in [6.45, 7) is 6.59. The summed E-state index contributed by atoms with van der Waals surface area (Å²) < 4.78 is 8.08. The van der Waals surface area contributed by atoms with Gasteiger partial charge >= 0.3 is 0 Å². The quantitative estimate of drug-likeness (QED) is 0.402. The zero-order valence-corrected chi connectivity index (χ0v) is 18.9. The van der Waals surface area contributed by atoms with Gasteiger partial charge in [-0.15, -0.1) is 0 Å². The summed E-state index contributed by atoms with van der Waals surface area (Å²) in [4.78, 5) is 7.53. The van der Waals surface area contributed by atoms with Crippen molar-refractivity contribution in [2.45, 2.75) is 77.3 Å². The number of nitrogens with zero attached hydrogens (tertiary/aromatic N) is 4. The average molecular weight is 419 g/mol. The van der Waals surface area contributed by atoms with E-state index in [0.29, 0.717) is 12.1 Å². The van der Waals surface area contributed by atoms with Crippen molar-refractivity contribution in [3.05, 3.63) is 47.8 Å². The van der Waals surface area contributed by atoms with Gasteiger partial charge in [-0.05, 0) is 83.1 Å². The second-order valence-electron chi connectivity index (χ2n) is 9.29. The topological polar surface area (TPSA) is 42.7 Å². The van der Waals surface area contributed by atoms with E-state index in [2.05, 4.69) is 48.1 Å². The molecule has 5 heteroatoms. The molecule has 0 spiro atoms. The van der Waals surface area contributed by atoms with Crippen LogP contribution in [-0.4, -0.2) is 44.7 Å². The molecule has 1 fully saturated rings. The number of hydrogen-bond donors (Lipinski definition) is 0. The molecule has 1 aromatic carbocycles. The maximum Gasteiger partial charge on any atom is 0.155 e. The number of rotatable bonds is 6. The Morgan fingerprint density at radius 3 is 2.55 bits per heavy atom. The van der Waals surface area contributed by atoms with Crippen LogP contribution >= 0.6 is 0 Å². The Balaban J connectivity index is 1.30. The second kappa shape index (κ2) is 8.99. The lowest BCUT2D eigenvalue weighted by atomic mass is 10.0. The Labute approximate surface area is 185 Å². The average Bonchev–Trinajstić information content (AvgIpc) is 3.29. The number of ether oxygens (including phenoxy) is 1. The van der Waals surface area contributed by atoms with Crippen LogP contribution in [0.15, 0.2) is 36.5 Å². The third-order valence-electron chi connectivity index (χ3n) is 7.15. The van der Waals surface area contributed by atoms with Crippen molar-refractivity contribution in [2.24, 2.45) is 0 Å². The van der Waals surface area contributed by atoms with Crippen molar-refractivity contribution in [1.29, 1.82) is 0 Å². The maximum atomic E-state index is 6.07. The van der Waals surface area contributed by atoms with Crippen molar-refractivity contribution in [2.75, 3.05) is 13.2 Å². The van der Waals surface area contributed by atoms with Gasteiger partial charge in [0, 0.05) is 41.5 Å². The number of hydrogen-bond acceptors (Lipinski definition) is 4. The molecular formula is C26H34N4O. The molecule has 0 saturated carbocycles. The molecule has 5 rings (SSSR count). The summed E-state index contributed by atoms with van der Waals surface area (Å²) >= 11 is 0. The SMILES string of the molecule is CC1CCC(C)N1CCCOc1ccc(-c2c3c(nc4ccnn24)CCCCC3)cc1. The van der Waals surface area contributed by atoms with Crippen LogP contribution in [0.2, 0.25) is 0 Å². The Morgan fingerprint density at radius 2 is 1.74 bits per heavy atom. The van der Waals surface area contributed by atoms with Gasteiger partial charge in [0.15, 0.2) is 5.65 Å². The van der Waals surface area contributed by atoms with Gasteiger partial charge in [-0.2, -0.15) is 5.10 Å². The lowest BCUT2D eigenvalue weighted by Crippen LogP contribution is -2.34. The maximum absolute atomic E-state index is 6.07. The molecule has 1 saturated heterocycles. The van der Waals surface area contributed by atoms with Gasteiger partial charge in [0.05, 0.1) is 18.5 Å². The van der Waals surface area contributed by atoms with E-state index in [4.69, 9.17) is 9.72 Å². The van der Waals surface area contributed by atoms with Crippen molar-refractivity contribution in [1.82, 2.24) is 19.5 Å². The highest BCUT2D eigenvalue weighted by Gasteiger charge is 2.26. The normalized spacial score (nSPS) is 21.9. The molecule has 2 atom stereocenters. The predicted octanol–water partition coefficient (Wildman–Crippen LogP) is 5.31. The molecule has 31 heavy (non-hydrogen) atoms. The molecule has 0 radical (unpaired) electrons. The first-order chi connectivity index (χ1) is 15.2. The molecule has 5 nitrogen and oxygen atoms in total. The molecule has 1 aliphatic heterocycles. The number of fused-ring (bicyclic) bond motifs is 2. The molecule has 3 heterocycles. The third-order valence-corrected chi connectivity index (χ3v) is 7.15. The van der Waals surface area contributed by atoms with Gasteiger partial charge in [-0.1, -0.05) is 6.42 Å². The van der Waals surface area contributed by atoms with Crippen LogP contribution in [-0.2, 0) is 12.8 Å². The Morgan fingerprint density at radius 1 is 0.968 bits per heavy atom. The highest BCUT2D eigenvalue weighted by molar-refractivity contribution is 5.68. The Hall–Kier alpha value is -2.40. The van der Waals surface area contributed by atoms with Crippen LogP contribution in [0.25, 0.3) is 16.9 Å². The first-order valence-corrected chi connectivity index (χ1v) is 12.0. The monoisotopic (exact) mass is 418 g/mol. The van der Waals surface area contributed by atoms with Gasteiger partial charge in [0.25, 0.3) is 0 Å². The van der Waals surface area contributed by atoms with Crippen LogP contribution in [0.3, 0.4) is 0 Å². The van der Waals surface area contributed by atoms with Crippen molar-refractivity contribution >= 4 is 5.65 Å². The number of aryl methyl sites for hydroxylation is 1. The van der Waals surface area contributed by atoms with E-state index in [1.165, 1.54) is 54.6 Å². The number of likely N-dealkylation sites (tertiary alicyclic amines) is 1. The molecule has 1 aliphatic carbocycles. The van der Waals surface area contributed by atoms with Gasteiger partial charge in [0.1, 0.15) is 5.75 Å². The lowest BCUT2D eigenvalue weighted by Gasteiger charge is -2.25. The Bertz CT molecular complexity index is 1020. The first-order valence-electron chi connectivity index (χ1n) is 12.0. The lowest BCUT2D eigenvalue weighted by molar-refractivity contribution is 0.191. The number of benzene rings is 1. The van der Waals surface area contributed by atoms with E-state index in [9.17, 15) is 0 Å². The summed E-state index contributed by atoms with van der Waals surface area (Å²) in [5.41, 5.74) is 5.97. The molecule has 2 aromatic heterocycles. The van der Waals surface area contributed by atoms with E-state index >= 15 is 0 Å². The molecule has 164 valence electrons. The van der Waals surface area contributed by atoms with Crippen LogP contribution in [0.4, 0.5) is 0 Å². The van der Waals surface area contributed by atoms with E-state index < -0.39 is 0 Å². The zero-order valence-electron chi connectivity index (χ0n) is 18.9.